The molecule has 2 aromatic rings. The average molecular weight is 351 g/mol. The summed E-state index contributed by atoms with van der Waals surface area (Å²) in [6, 6.07) is 15.3. The lowest BCUT2D eigenvalue weighted by Gasteiger charge is -2.32. The zero-order chi connectivity index (χ0) is 18.5. The van der Waals surface area contributed by atoms with E-state index < -0.39 is 0 Å². The van der Waals surface area contributed by atoms with Crippen molar-refractivity contribution in [2.24, 2.45) is 0 Å². The van der Waals surface area contributed by atoms with Crippen LogP contribution in [-0.2, 0) is 0 Å². The van der Waals surface area contributed by atoms with Crippen LogP contribution >= 0.6 is 0 Å². The normalized spacial score (nSPS) is 14.8. The second-order valence-electron chi connectivity index (χ2n) is 6.91. The third kappa shape index (κ3) is 4.63. The summed E-state index contributed by atoms with van der Waals surface area (Å²) in [5.74, 6) is -0.0521. The lowest BCUT2D eigenvalue weighted by atomic mass is 10.0. The molecule has 0 radical (unpaired) electrons. The summed E-state index contributed by atoms with van der Waals surface area (Å²) in [6.45, 7) is 5.31. The molecule has 5 heteroatoms. The highest BCUT2D eigenvalue weighted by atomic mass is 16.2. The van der Waals surface area contributed by atoms with Crippen molar-refractivity contribution in [3.63, 3.8) is 0 Å². The summed E-state index contributed by atoms with van der Waals surface area (Å²) in [7, 11) is 0. The van der Waals surface area contributed by atoms with Crippen LogP contribution in [0.4, 0.5) is 10.5 Å². The summed E-state index contributed by atoms with van der Waals surface area (Å²) in [4.78, 5) is 26.5. The Morgan fingerprint density at radius 1 is 0.962 bits per heavy atom. The van der Waals surface area contributed by atoms with Gasteiger partial charge in [-0.2, -0.15) is 0 Å². The predicted molar refractivity (Wildman–Crippen MR) is 103 cm³/mol. The monoisotopic (exact) mass is 351 g/mol. The lowest BCUT2D eigenvalue weighted by Crippen LogP contribution is -2.47. The van der Waals surface area contributed by atoms with Crippen molar-refractivity contribution in [3.05, 3.63) is 65.2 Å². The highest BCUT2D eigenvalue weighted by Gasteiger charge is 2.24. The molecule has 136 valence electrons. The van der Waals surface area contributed by atoms with E-state index in [1.165, 1.54) is 0 Å². The van der Waals surface area contributed by atoms with Crippen molar-refractivity contribution in [2.75, 3.05) is 18.4 Å². The molecule has 0 saturated carbocycles. The molecule has 5 nitrogen and oxygen atoms in total. The molecule has 0 atom stereocenters. The van der Waals surface area contributed by atoms with Crippen LogP contribution in [0.5, 0.6) is 0 Å². The van der Waals surface area contributed by atoms with Crippen LogP contribution in [0.25, 0.3) is 0 Å². The number of hydrogen-bond acceptors (Lipinski definition) is 2. The van der Waals surface area contributed by atoms with E-state index >= 15 is 0 Å². The van der Waals surface area contributed by atoms with Gasteiger partial charge in [0, 0.05) is 30.4 Å². The fraction of sp³-hybridized carbons (Fsp3) is 0.333. The molecule has 1 aliphatic heterocycles. The number of piperidine rings is 1. The molecule has 0 aromatic heterocycles. The van der Waals surface area contributed by atoms with Gasteiger partial charge < -0.3 is 15.5 Å². The second kappa shape index (κ2) is 8.04. The number of urea groups is 1. The smallest absolute Gasteiger partial charge is 0.321 e. The molecule has 1 saturated heterocycles. The summed E-state index contributed by atoms with van der Waals surface area (Å²) in [5.41, 5.74) is 3.75. The molecule has 0 bridgehead atoms. The van der Waals surface area contributed by atoms with Gasteiger partial charge in [-0.1, -0.05) is 24.3 Å². The van der Waals surface area contributed by atoms with Crippen LogP contribution in [0.15, 0.2) is 48.5 Å². The van der Waals surface area contributed by atoms with Gasteiger partial charge >= 0.3 is 6.03 Å². The van der Waals surface area contributed by atoms with Crippen molar-refractivity contribution >= 4 is 17.6 Å². The maximum absolute atomic E-state index is 12.5. The van der Waals surface area contributed by atoms with E-state index in [1.54, 1.807) is 0 Å². The SMILES string of the molecule is Cc1cc(C)cc(NC(=O)N2CCC(NC(=O)c3ccccc3)CC2)c1. The van der Waals surface area contributed by atoms with Crippen molar-refractivity contribution < 1.29 is 9.59 Å². The molecule has 1 heterocycles. The van der Waals surface area contributed by atoms with E-state index in [0.29, 0.717) is 18.7 Å². The molecule has 3 rings (SSSR count). The number of rotatable bonds is 3. The van der Waals surface area contributed by atoms with Crippen LogP contribution in [0, 0.1) is 13.8 Å². The van der Waals surface area contributed by atoms with E-state index in [0.717, 1.165) is 29.7 Å². The predicted octanol–water partition coefficient (Wildman–Crippen LogP) is 3.73. The quantitative estimate of drug-likeness (QED) is 0.885. The fourth-order valence-corrected chi connectivity index (χ4v) is 3.33. The molecule has 26 heavy (non-hydrogen) atoms. The Kier molecular flexibility index (Phi) is 5.56. The summed E-state index contributed by atoms with van der Waals surface area (Å²) in [5, 5.41) is 6.04. The number of benzene rings is 2. The minimum absolute atomic E-state index is 0.0521. The van der Waals surface area contributed by atoms with Gasteiger partial charge in [0.1, 0.15) is 0 Å². The van der Waals surface area contributed by atoms with Crippen molar-refractivity contribution in [3.8, 4) is 0 Å². The standard InChI is InChI=1S/C21H25N3O2/c1-15-12-16(2)14-19(13-15)23-21(26)24-10-8-18(9-11-24)22-20(25)17-6-4-3-5-7-17/h3-7,12-14,18H,8-11H2,1-2H3,(H,22,25)(H,23,26). The number of carbonyl (C=O) groups is 2. The highest BCUT2D eigenvalue weighted by molar-refractivity contribution is 5.94. The first-order valence-corrected chi connectivity index (χ1v) is 9.01. The Hall–Kier alpha value is -2.82. The van der Waals surface area contributed by atoms with E-state index in [-0.39, 0.29) is 18.0 Å². The Morgan fingerprint density at radius 3 is 2.19 bits per heavy atom. The van der Waals surface area contributed by atoms with Crippen molar-refractivity contribution in [1.29, 1.82) is 0 Å². The van der Waals surface area contributed by atoms with Gasteiger partial charge in [0.2, 0.25) is 0 Å². The number of likely N-dealkylation sites (tertiary alicyclic amines) is 1. The number of anilines is 1. The molecular formula is C21H25N3O2. The van der Waals surface area contributed by atoms with E-state index in [1.807, 2.05) is 61.2 Å². The summed E-state index contributed by atoms with van der Waals surface area (Å²) >= 11 is 0. The van der Waals surface area contributed by atoms with Crippen LogP contribution in [0.2, 0.25) is 0 Å². The van der Waals surface area contributed by atoms with Gasteiger partial charge in [-0.3, -0.25) is 4.79 Å². The Morgan fingerprint density at radius 2 is 1.58 bits per heavy atom. The van der Waals surface area contributed by atoms with E-state index in [2.05, 4.69) is 16.7 Å². The van der Waals surface area contributed by atoms with Crippen molar-refractivity contribution in [1.82, 2.24) is 10.2 Å². The Balaban J connectivity index is 1.50. The molecule has 0 unspecified atom stereocenters. The molecule has 2 aromatic carbocycles. The molecule has 0 spiro atoms. The average Bonchev–Trinajstić information content (AvgIpc) is 2.62. The second-order valence-corrected chi connectivity index (χ2v) is 6.91. The topological polar surface area (TPSA) is 61.4 Å². The number of nitrogens with zero attached hydrogens (tertiary/aromatic N) is 1. The van der Waals surface area contributed by atoms with E-state index in [4.69, 9.17) is 0 Å². The molecular weight excluding hydrogens is 326 g/mol. The Bertz CT molecular complexity index is 761. The maximum atomic E-state index is 12.5. The Labute approximate surface area is 154 Å². The van der Waals surface area contributed by atoms with Crippen LogP contribution in [-0.4, -0.2) is 36.0 Å². The lowest BCUT2D eigenvalue weighted by molar-refractivity contribution is 0.0919. The summed E-state index contributed by atoms with van der Waals surface area (Å²) < 4.78 is 0. The molecule has 3 amide bonds. The minimum atomic E-state index is -0.0807. The third-order valence-electron chi connectivity index (χ3n) is 4.63. The number of aryl methyl sites for hydroxylation is 2. The molecule has 1 fully saturated rings. The first-order chi connectivity index (χ1) is 12.5. The molecule has 1 aliphatic rings. The van der Waals surface area contributed by atoms with Crippen LogP contribution in [0.3, 0.4) is 0 Å². The number of amides is 3. The highest BCUT2D eigenvalue weighted by Crippen LogP contribution is 2.17. The number of carbonyl (C=O) groups excluding carboxylic acids is 2. The number of hydrogen-bond donors (Lipinski definition) is 2. The fourth-order valence-electron chi connectivity index (χ4n) is 3.33. The largest absolute Gasteiger partial charge is 0.349 e. The zero-order valence-electron chi connectivity index (χ0n) is 15.3. The zero-order valence-corrected chi connectivity index (χ0v) is 15.3. The van der Waals surface area contributed by atoms with Gasteiger partial charge in [-0.15, -0.1) is 0 Å². The van der Waals surface area contributed by atoms with Gasteiger partial charge in [0.05, 0.1) is 0 Å². The van der Waals surface area contributed by atoms with Gasteiger partial charge in [0.15, 0.2) is 0 Å². The van der Waals surface area contributed by atoms with Gasteiger partial charge in [0.25, 0.3) is 5.91 Å². The van der Waals surface area contributed by atoms with Crippen LogP contribution < -0.4 is 10.6 Å². The van der Waals surface area contributed by atoms with Crippen LogP contribution in [0.1, 0.15) is 34.3 Å². The third-order valence-corrected chi connectivity index (χ3v) is 4.63. The van der Waals surface area contributed by atoms with Crippen molar-refractivity contribution in [2.45, 2.75) is 32.7 Å². The first kappa shape index (κ1) is 18.0. The minimum Gasteiger partial charge on any atom is -0.349 e. The van der Waals surface area contributed by atoms with E-state index in [9.17, 15) is 9.59 Å². The molecule has 0 aliphatic carbocycles. The first-order valence-electron chi connectivity index (χ1n) is 9.01. The maximum Gasteiger partial charge on any atom is 0.321 e. The molecule has 2 N–H and O–H groups in total. The summed E-state index contributed by atoms with van der Waals surface area (Å²) in [6.07, 6.45) is 1.53. The van der Waals surface area contributed by atoms with Gasteiger partial charge in [-0.05, 0) is 62.1 Å². The van der Waals surface area contributed by atoms with Gasteiger partial charge in [-0.25, -0.2) is 4.79 Å². The number of nitrogens with one attached hydrogen (secondary N) is 2.